The van der Waals surface area contributed by atoms with Crippen molar-refractivity contribution in [2.45, 2.75) is 0 Å². The van der Waals surface area contributed by atoms with Crippen molar-refractivity contribution >= 4 is 50.3 Å². The Hall–Kier alpha value is -1.52. The maximum absolute atomic E-state index is 11.3. The second-order valence-electron chi connectivity index (χ2n) is 2.86. The molecule has 0 saturated heterocycles. The van der Waals surface area contributed by atoms with Crippen molar-refractivity contribution in [2.75, 3.05) is 18.5 Å². The van der Waals surface area contributed by atoms with Crippen LogP contribution in [-0.2, 0) is 14.3 Å². The van der Waals surface area contributed by atoms with E-state index in [1.54, 1.807) is 0 Å². The predicted octanol–water partition coefficient (Wildman–Crippen LogP) is 0.655. The number of nitrogens with zero attached hydrogens (tertiary/aromatic N) is 1. The van der Waals surface area contributed by atoms with Gasteiger partial charge < -0.3 is 9.84 Å². The Morgan fingerprint density at radius 1 is 1.44 bits per heavy atom. The number of hydrogen-bond acceptors (Lipinski definition) is 6. The highest BCUT2D eigenvalue weighted by Gasteiger charge is 2.10. The van der Waals surface area contributed by atoms with E-state index in [9.17, 15) is 14.4 Å². The van der Waals surface area contributed by atoms with Gasteiger partial charge in [0.2, 0.25) is 0 Å². The van der Waals surface area contributed by atoms with Crippen LogP contribution >= 0.6 is 27.3 Å². The van der Waals surface area contributed by atoms with Crippen LogP contribution in [0.4, 0.5) is 9.93 Å². The standard InChI is InChI=1S/C8H8BrN3O5S/c9-4-1-10-8(18-4)12-7(16)11-5(13)2-17-3-6(14)15/h1H,2-3H2,(H,14,15)(H2,10,11,12,13,16). The van der Waals surface area contributed by atoms with Gasteiger partial charge in [-0.3, -0.25) is 15.4 Å². The van der Waals surface area contributed by atoms with Gasteiger partial charge in [0.25, 0.3) is 5.91 Å². The molecule has 0 bridgehead atoms. The molecule has 0 spiro atoms. The van der Waals surface area contributed by atoms with Gasteiger partial charge in [0.15, 0.2) is 5.13 Å². The molecular formula is C8H8BrN3O5S. The smallest absolute Gasteiger partial charge is 0.329 e. The molecule has 0 fully saturated rings. The number of thiazole rings is 1. The lowest BCUT2D eigenvalue weighted by molar-refractivity contribution is -0.143. The Bertz CT molecular complexity index is 463. The van der Waals surface area contributed by atoms with Crippen LogP contribution in [0.3, 0.4) is 0 Å². The first-order chi connectivity index (χ1) is 8.47. The number of carbonyl (C=O) groups excluding carboxylic acids is 2. The van der Waals surface area contributed by atoms with Gasteiger partial charge in [-0.2, -0.15) is 0 Å². The van der Waals surface area contributed by atoms with Crippen LogP contribution in [0.5, 0.6) is 0 Å². The number of carbonyl (C=O) groups is 3. The summed E-state index contributed by atoms with van der Waals surface area (Å²) in [6.07, 6.45) is 1.50. The van der Waals surface area contributed by atoms with Gasteiger partial charge in [0.05, 0.1) is 9.98 Å². The average Bonchev–Trinajstić information content (AvgIpc) is 2.62. The van der Waals surface area contributed by atoms with Crippen molar-refractivity contribution in [3.8, 4) is 0 Å². The second kappa shape index (κ2) is 7.03. The number of carboxylic acid groups (broad SMARTS) is 1. The molecule has 0 radical (unpaired) electrons. The van der Waals surface area contributed by atoms with Crippen molar-refractivity contribution in [1.29, 1.82) is 0 Å². The maximum atomic E-state index is 11.3. The van der Waals surface area contributed by atoms with Gasteiger partial charge in [-0.15, -0.1) is 0 Å². The highest BCUT2D eigenvalue weighted by atomic mass is 79.9. The second-order valence-corrected chi connectivity index (χ2v) is 5.27. The van der Waals surface area contributed by atoms with Crippen LogP contribution < -0.4 is 10.6 Å². The summed E-state index contributed by atoms with van der Waals surface area (Å²) in [5, 5.41) is 12.9. The number of rotatable bonds is 5. The summed E-state index contributed by atoms with van der Waals surface area (Å²) >= 11 is 4.34. The molecule has 3 N–H and O–H groups in total. The van der Waals surface area contributed by atoms with Crippen LogP contribution in [0.15, 0.2) is 9.98 Å². The highest BCUT2D eigenvalue weighted by Crippen LogP contribution is 2.22. The van der Waals surface area contributed by atoms with E-state index in [0.717, 1.165) is 3.79 Å². The third-order valence-corrected chi connectivity index (χ3v) is 2.80. The average molecular weight is 338 g/mol. The molecule has 10 heteroatoms. The van der Waals surface area contributed by atoms with E-state index < -0.39 is 31.1 Å². The number of hydrogen-bond donors (Lipinski definition) is 3. The molecule has 1 aromatic heterocycles. The highest BCUT2D eigenvalue weighted by molar-refractivity contribution is 9.11. The Labute approximate surface area is 113 Å². The van der Waals surface area contributed by atoms with E-state index in [2.05, 4.69) is 31.0 Å². The van der Waals surface area contributed by atoms with Crippen LogP contribution in [0.2, 0.25) is 0 Å². The van der Waals surface area contributed by atoms with Crippen molar-refractivity contribution in [1.82, 2.24) is 10.3 Å². The zero-order valence-corrected chi connectivity index (χ0v) is 11.2. The molecule has 0 saturated carbocycles. The number of ether oxygens (including phenoxy) is 1. The first-order valence-corrected chi connectivity index (χ1v) is 6.10. The quantitative estimate of drug-likeness (QED) is 0.726. The predicted molar refractivity (Wildman–Crippen MR) is 65.4 cm³/mol. The van der Waals surface area contributed by atoms with Gasteiger partial charge in [-0.1, -0.05) is 11.3 Å². The van der Waals surface area contributed by atoms with Crippen molar-refractivity contribution in [3.05, 3.63) is 9.98 Å². The van der Waals surface area contributed by atoms with Gasteiger partial charge in [-0.25, -0.2) is 14.6 Å². The van der Waals surface area contributed by atoms with E-state index >= 15 is 0 Å². The number of aliphatic carboxylic acids is 1. The number of amides is 3. The van der Waals surface area contributed by atoms with Gasteiger partial charge >= 0.3 is 12.0 Å². The lowest BCUT2D eigenvalue weighted by atomic mass is 10.6. The molecule has 98 valence electrons. The number of urea groups is 1. The third-order valence-electron chi connectivity index (χ3n) is 1.41. The number of anilines is 1. The molecule has 1 heterocycles. The molecule has 0 atom stereocenters. The lowest BCUT2D eigenvalue weighted by Crippen LogP contribution is -2.37. The van der Waals surface area contributed by atoms with Crippen molar-refractivity contribution < 1.29 is 24.2 Å². The monoisotopic (exact) mass is 337 g/mol. The Morgan fingerprint density at radius 3 is 2.72 bits per heavy atom. The number of carboxylic acids is 1. The third kappa shape index (κ3) is 5.70. The van der Waals surface area contributed by atoms with E-state index in [0.29, 0.717) is 5.13 Å². The van der Waals surface area contributed by atoms with Crippen LogP contribution in [0.1, 0.15) is 0 Å². The van der Waals surface area contributed by atoms with Crippen LogP contribution in [0, 0.1) is 0 Å². The van der Waals surface area contributed by atoms with E-state index in [-0.39, 0.29) is 0 Å². The van der Waals surface area contributed by atoms with Crippen molar-refractivity contribution in [3.63, 3.8) is 0 Å². The zero-order chi connectivity index (χ0) is 13.5. The minimum absolute atomic E-state index is 0.318. The molecule has 0 aliphatic rings. The van der Waals surface area contributed by atoms with E-state index in [1.807, 2.05) is 5.32 Å². The SMILES string of the molecule is O=C(O)COCC(=O)NC(=O)Nc1ncc(Br)s1. The molecule has 0 unspecified atom stereocenters. The van der Waals surface area contributed by atoms with Crippen LogP contribution in [0.25, 0.3) is 0 Å². The summed E-state index contributed by atoms with van der Waals surface area (Å²) in [5.74, 6) is -1.94. The number of halogens is 1. The lowest BCUT2D eigenvalue weighted by Gasteiger charge is -2.03. The zero-order valence-electron chi connectivity index (χ0n) is 8.81. The van der Waals surface area contributed by atoms with E-state index in [1.165, 1.54) is 17.5 Å². The summed E-state index contributed by atoms with van der Waals surface area (Å²) in [7, 11) is 0. The fourth-order valence-corrected chi connectivity index (χ4v) is 1.94. The Morgan fingerprint density at radius 2 is 2.17 bits per heavy atom. The summed E-state index contributed by atoms with van der Waals surface area (Å²) < 4.78 is 5.23. The molecule has 1 rings (SSSR count). The minimum atomic E-state index is -1.19. The summed E-state index contributed by atoms with van der Waals surface area (Å²) in [6.45, 7) is -1.12. The minimum Gasteiger partial charge on any atom is -0.480 e. The van der Waals surface area contributed by atoms with Crippen molar-refractivity contribution in [2.24, 2.45) is 0 Å². The molecule has 0 aliphatic carbocycles. The largest absolute Gasteiger partial charge is 0.480 e. The summed E-state index contributed by atoms with van der Waals surface area (Å²) in [6, 6.07) is -0.763. The molecule has 0 aromatic carbocycles. The normalized spacial score (nSPS) is 9.83. The topological polar surface area (TPSA) is 118 Å². The summed E-state index contributed by atoms with van der Waals surface area (Å²) in [5.41, 5.74) is 0. The van der Waals surface area contributed by atoms with Gasteiger partial charge in [-0.05, 0) is 15.9 Å². The van der Waals surface area contributed by atoms with Gasteiger partial charge in [0, 0.05) is 0 Å². The fraction of sp³-hybridized carbons (Fsp3) is 0.250. The van der Waals surface area contributed by atoms with E-state index in [4.69, 9.17) is 5.11 Å². The maximum Gasteiger partial charge on any atom is 0.329 e. The van der Waals surface area contributed by atoms with Gasteiger partial charge in [0.1, 0.15) is 13.2 Å². The number of aromatic nitrogens is 1. The molecule has 8 nitrogen and oxygen atoms in total. The number of nitrogens with one attached hydrogen (secondary N) is 2. The summed E-state index contributed by atoms with van der Waals surface area (Å²) in [4.78, 5) is 36.3. The first-order valence-electron chi connectivity index (χ1n) is 4.49. The number of imide groups is 1. The molecule has 3 amide bonds. The Kier molecular flexibility index (Phi) is 5.68. The first kappa shape index (κ1) is 14.5. The molecule has 0 aliphatic heterocycles. The van der Waals surface area contributed by atoms with Crippen LogP contribution in [-0.4, -0.2) is 41.2 Å². The molecule has 18 heavy (non-hydrogen) atoms. The molecule has 1 aromatic rings. The fourth-order valence-electron chi connectivity index (χ4n) is 0.834. The Balaban J connectivity index is 2.27. The molecular weight excluding hydrogens is 330 g/mol.